The maximum Gasteiger partial charge on any atom is 0.400 e. The summed E-state index contributed by atoms with van der Waals surface area (Å²) in [5.74, 6) is -1.07. The van der Waals surface area contributed by atoms with E-state index in [1.165, 1.54) is 62.8 Å². The lowest BCUT2D eigenvalue weighted by Crippen LogP contribution is -2.26. The van der Waals surface area contributed by atoms with Gasteiger partial charge >= 0.3 is 5.71 Å². The van der Waals surface area contributed by atoms with Crippen LogP contribution in [0.5, 0.6) is 0 Å². The van der Waals surface area contributed by atoms with Crippen molar-refractivity contribution in [3.05, 3.63) is 35.4 Å². The number of hydrogen-bond acceptors (Lipinski definition) is 4. The van der Waals surface area contributed by atoms with Gasteiger partial charge < -0.3 is 5.53 Å². The Morgan fingerprint density at radius 1 is 0.867 bits per heavy atom. The van der Waals surface area contributed by atoms with Crippen LogP contribution in [0.15, 0.2) is 29.2 Å². The minimum Gasteiger partial charge on any atom is -0.360 e. The SMILES string of the molecule is CCCCCCCCCCCCC(=O)C(=[N+]=[N-])C(=O)Cc1ccc(S(=O)(=O)Cl)cc1. The Labute approximate surface area is 184 Å². The number of rotatable bonds is 16. The Balaban J connectivity index is 2.35. The number of carbonyl (C=O) groups is 2. The summed E-state index contributed by atoms with van der Waals surface area (Å²) in [7, 11) is 1.42. The van der Waals surface area contributed by atoms with Crippen LogP contribution in [0.2, 0.25) is 0 Å². The molecule has 8 heteroatoms. The Morgan fingerprint density at radius 2 is 1.37 bits per heavy atom. The van der Waals surface area contributed by atoms with Crippen molar-refractivity contribution in [1.29, 1.82) is 0 Å². The minimum absolute atomic E-state index is 0.0755. The molecule has 0 aliphatic carbocycles. The van der Waals surface area contributed by atoms with E-state index in [9.17, 15) is 18.0 Å². The molecule has 0 atom stereocenters. The van der Waals surface area contributed by atoms with Crippen LogP contribution < -0.4 is 0 Å². The normalized spacial score (nSPS) is 11.1. The van der Waals surface area contributed by atoms with Crippen molar-refractivity contribution in [2.75, 3.05) is 0 Å². The van der Waals surface area contributed by atoms with E-state index in [0.29, 0.717) is 12.0 Å². The fraction of sp³-hybridized carbons (Fsp3) is 0.591. The Kier molecular flexibility index (Phi) is 12.4. The zero-order chi connectivity index (χ0) is 22.4. The summed E-state index contributed by atoms with van der Waals surface area (Å²) in [6.45, 7) is 2.20. The lowest BCUT2D eigenvalue weighted by molar-refractivity contribution is -0.124. The van der Waals surface area contributed by atoms with Crippen LogP contribution in [0.3, 0.4) is 0 Å². The first-order valence-corrected chi connectivity index (χ1v) is 12.9. The summed E-state index contributed by atoms with van der Waals surface area (Å²) in [5, 5.41) is 0. The summed E-state index contributed by atoms with van der Waals surface area (Å²) in [5.41, 5.74) is 9.15. The molecule has 1 aromatic rings. The van der Waals surface area contributed by atoms with Gasteiger partial charge in [-0.25, -0.2) is 8.42 Å². The van der Waals surface area contributed by atoms with Gasteiger partial charge in [0.2, 0.25) is 5.78 Å². The van der Waals surface area contributed by atoms with E-state index in [1.807, 2.05) is 0 Å². The molecule has 0 aromatic heterocycles. The third kappa shape index (κ3) is 10.3. The van der Waals surface area contributed by atoms with E-state index in [4.69, 9.17) is 16.2 Å². The highest BCUT2D eigenvalue weighted by atomic mass is 35.7. The molecule has 0 unspecified atom stereocenters. The number of nitrogens with zero attached hydrogens (tertiary/aromatic N) is 2. The van der Waals surface area contributed by atoms with Crippen LogP contribution >= 0.6 is 10.7 Å². The molecular weight excluding hydrogens is 424 g/mol. The zero-order valence-corrected chi connectivity index (χ0v) is 19.2. The first kappa shape index (κ1) is 26.2. The molecule has 0 saturated heterocycles. The molecule has 0 saturated carbocycles. The van der Waals surface area contributed by atoms with Gasteiger partial charge in [0, 0.05) is 23.5 Å². The molecule has 0 heterocycles. The van der Waals surface area contributed by atoms with Crippen molar-refractivity contribution in [2.45, 2.75) is 88.9 Å². The van der Waals surface area contributed by atoms with Crippen LogP contribution in [-0.2, 0) is 25.1 Å². The standard InChI is InChI=1S/C22H31ClN2O4S/c1-2-3-4-5-6-7-8-9-10-11-12-20(26)22(25-24)21(27)17-18-13-15-19(16-14-18)30(23,28)29/h13-16H,2-12,17H2,1H3. The minimum atomic E-state index is -3.84. The van der Waals surface area contributed by atoms with Crippen molar-refractivity contribution in [3.63, 3.8) is 0 Å². The lowest BCUT2D eigenvalue weighted by atomic mass is 10.00. The number of hydrogen-bond donors (Lipinski definition) is 0. The topological polar surface area (TPSA) is 105 Å². The maximum absolute atomic E-state index is 12.3. The predicted octanol–water partition coefficient (Wildman–Crippen LogP) is 5.28. The number of benzene rings is 1. The van der Waals surface area contributed by atoms with E-state index < -0.39 is 26.3 Å². The monoisotopic (exact) mass is 454 g/mol. The van der Waals surface area contributed by atoms with Crippen molar-refractivity contribution in [3.8, 4) is 0 Å². The van der Waals surface area contributed by atoms with Gasteiger partial charge in [-0.05, 0) is 24.1 Å². The second-order valence-electron chi connectivity index (χ2n) is 7.49. The van der Waals surface area contributed by atoms with Gasteiger partial charge in [-0.3, -0.25) is 9.59 Å². The van der Waals surface area contributed by atoms with E-state index in [2.05, 4.69) is 11.7 Å². The van der Waals surface area contributed by atoms with Crippen LogP contribution in [0, 0.1) is 0 Å². The van der Waals surface area contributed by atoms with Gasteiger partial charge in [0.1, 0.15) is 0 Å². The highest BCUT2D eigenvalue weighted by Gasteiger charge is 2.28. The molecule has 0 bridgehead atoms. The maximum atomic E-state index is 12.3. The molecule has 0 spiro atoms. The van der Waals surface area contributed by atoms with E-state index in [-0.39, 0.29) is 17.7 Å². The zero-order valence-electron chi connectivity index (χ0n) is 17.6. The molecule has 0 fully saturated rings. The van der Waals surface area contributed by atoms with Gasteiger partial charge in [-0.1, -0.05) is 76.8 Å². The molecule has 30 heavy (non-hydrogen) atoms. The fourth-order valence-corrected chi connectivity index (χ4v) is 3.97. The van der Waals surface area contributed by atoms with Gasteiger partial charge in [-0.2, -0.15) is 4.79 Å². The van der Waals surface area contributed by atoms with E-state index >= 15 is 0 Å². The molecule has 1 rings (SSSR count). The number of ketones is 2. The first-order valence-electron chi connectivity index (χ1n) is 10.6. The molecule has 0 amide bonds. The van der Waals surface area contributed by atoms with Gasteiger partial charge in [0.25, 0.3) is 14.8 Å². The average molecular weight is 455 g/mol. The second kappa shape index (κ2) is 14.2. The predicted molar refractivity (Wildman–Crippen MR) is 118 cm³/mol. The summed E-state index contributed by atoms with van der Waals surface area (Å²) < 4.78 is 22.5. The van der Waals surface area contributed by atoms with Crippen molar-refractivity contribution >= 4 is 37.0 Å². The Hall–Kier alpha value is -1.82. The lowest BCUT2D eigenvalue weighted by Gasteiger charge is -2.02. The van der Waals surface area contributed by atoms with Crippen LogP contribution in [0.4, 0.5) is 0 Å². The Bertz CT molecular complexity index is 844. The van der Waals surface area contributed by atoms with Gasteiger partial charge in [0.15, 0.2) is 0 Å². The molecule has 0 aliphatic heterocycles. The number of Topliss-reactive ketones (excluding diaryl/α,β-unsaturated/α-hetero) is 2. The molecular formula is C22H31ClN2O4S. The average Bonchev–Trinajstić information content (AvgIpc) is 2.69. The second-order valence-corrected chi connectivity index (χ2v) is 10.1. The molecule has 166 valence electrons. The summed E-state index contributed by atoms with van der Waals surface area (Å²) in [4.78, 5) is 27.3. The van der Waals surface area contributed by atoms with Gasteiger partial charge in [-0.15, -0.1) is 0 Å². The summed E-state index contributed by atoms with van der Waals surface area (Å²) in [6, 6.07) is 5.45. The van der Waals surface area contributed by atoms with Crippen molar-refractivity contribution in [1.82, 2.24) is 0 Å². The van der Waals surface area contributed by atoms with Crippen molar-refractivity contribution < 1.29 is 22.8 Å². The quantitative estimate of drug-likeness (QED) is 0.0845. The number of unbranched alkanes of at least 4 members (excludes halogenated alkanes) is 9. The number of carbonyl (C=O) groups excluding carboxylic acids is 2. The van der Waals surface area contributed by atoms with Crippen molar-refractivity contribution in [2.24, 2.45) is 0 Å². The molecule has 6 nitrogen and oxygen atoms in total. The fourth-order valence-electron chi connectivity index (χ4n) is 3.20. The highest BCUT2D eigenvalue weighted by Crippen LogP contribution is 2.16. The molecule has 0 aliphatic rings. The smallest absolute Gasteiger partial charge is 0.360 e. The molecule has 1 aromatic carbocycles. The number of halogens is 1. The van der Waals surface area contributed by atoms with E-state index in [1.54, 1.807) is 0 Å². The highest BCUT2D eigenvalue weighted by molar-refractivity contribution is 8.13. The third-order valence-electron chi connectivity index (χ3n) is 4.96. The van der Waals surface area contributed by atoms with Crippen LogP contribution in [0.25, 0.3) is 5.53 Å². The van der Waals surface area contributed by atoms with Crippen LogP contribution in [-0.4, -0.2) is 30.5 Å². The van der Waals surface area contributed by atoms with Crippen LogP contribution in [0.1, 0.15) is 83.1 Å². The van der Waals surface area contributed by atoms with Gasteiger partial charge in [0.05, 0.1) is 4.90 Å². The summed E-state index contributed by atoms with van der Waals surface area (Å²) in [6.07, 6.45) is 11.4. The van der Waals surface area contributed by atoms with E-state index in [0.717, 1.165) is 19.3 Å². The Morgan fingerprint density at radius 3 is 1.83 bits per heavy atom. The molecule has 0 N–H and O–H groups in total. The first-order chi connectivity index (χ1) is 14.3. The largest absolute Gasteiger partial charge is 0.400 e. The summed E-state index contributed by atoms with van der Waals surface area (Å²) >= 11 is 0. The third-order valence-corrected chi connectivity index (χ3v) is 6.32. The molecule has 0 radical (unpaired) electrons.